The van der Waals surface area contributed by atoms with Gasteiger partial charge in [-0.3, -0.25) is 0 Å². The summed E-state index contributed by atoms with van der Waals surface area (Å²) in [6.45, 7) is 4.52. The molecule has 0 radical (unpaired) electrons. The van der Waals surface area contributed by atoms with Crippen molar-refractivity contribution in [2.75, 3.05) is 13.7 Å². The summed E-state index contributed by atoms with van der Waals surface area (Å²) in [6, 6.07) is 15.4. The third-order valence-electron chi connectivity index (χ3n) is 4.13. The second kappa shape index (κ2) is 9.94. The van der Waals surface area contributed by atoms with E-state index in [0.717, 1.165) is 11.1 Å². The molecule has 0 saturated carbocycles. The van der Waals surface area contributed by atoms with Crippen LogP contribution in [0.2, 0.25) is 0 Å². The molecule has 0 aliphatic carbocycles. The molecule has 5 nitrogen and oxygen atoms in total. The van der Waals surface area contributed by atoms with Crippen LogP contribution < -0.4 is 4.74 Å². The Bertz CT molecular complexity index is 699. The molecular formula is C21H26O5. The first-order chi connectivity index (χ1) is 12.6. The number of aliphatic hydroxyl groups excluding tert-OH is 1. The molecule has 5 heteroatoms. The van der Waals surface area contributed by atoms with E-state index in [-0.39, 0.29) is 0 Å². The summed E-state index contributed by atoms with van der Waals surface area (Å²) < 4.78 is 16.0. The average molecular weight is 358 g/mol. The molecule has 2 aromatic carbocycles. The summed E-state index contributed by atoms with van der Waals surface area (Å²) in [5.74, 6) is 0.124. The van der Waals surface area contributed by atoms with Crippen molar-refractivity contribution in [1.82, 2.24) is 0 Å². The van der Waals surface area contributed by atoms with E-state index in [9.17, 15) is 9.90 Å². The van der Waals surface area contributed by atoms with Crippen molar-refractivity contribution in [3.05, 3.63) is 65.2 Å². The number of carbonyl (C=O) groups excluding carboxylic acids is 1. The maximum Gasteiger partial charge on any atom is 0.338 e. The van der Waals surface area contributed by atoms with Crippen molar-refractivity contribution in [2.24, 2.45) is 0 Å². The molecule has 0 saturated heterocycles. The second-order valence-electron chi connectivity index (χ2n) is 5.83. The van der Waals surface area contributed by atoms with Gasteiger partial charge < -0.3 is 19.3 Å². The van der Waals surface area contributed by atoms with Crippen LogP contribution in [0.5, 0.6) is 5.75 Å². The van der Waals surface area contributed by atoms with E-state index in [1.54, 1.807) is 19.1 Å². The van der Waals surface area contributed by atoms with E-state index >= 15 is 0 Å². The summed E-state index contributed by atoms with van der Waals surface area (Å²) in [4.78, 5) is 11.9. The molecule has 1 N–H and O–H groups in total. The first-order valence-electron chi connectivity index (χ1n) is 8.77. The van der Waals surface area contributed by atoms with Crippen LogP contribution in [0, 0.1) is 0 Å². The van der Waals surface area contributed by atoms with Crippen molar-refractivity contribution in [3.63, 3.8) is 0 Å². The molecule has 2 aromatic rings. The summed E-state index contributed by atoms with van der Waals surface area (Å²) >= 11 is 0. The van der Waals surface area contributed by atoms with Gasteiger partial charge in [-0.15, -0.1) is 0 Å². The lowest BCUT2D eigenvalue weighted by molar-refractivity contribution is -0.162. The predicted molar refractivity (Wildman–Crippen MR) is 99.0 cm³/mol. The summed E-state index contributed by atoms with van der Waals surface area (Å²) in [7, 11) is 1.28. The van der Waals surface area contributed by atoms with E-state index < -0.39 is 18.2 Å². The molecular weight excluding hydrogens is 332 g/mol. The third-order valence-corrected chi connectivity index (χ3v) is 4.13. The number of methoxy groups -OCH3 is 1. The number of rotatable bonds is 9. The van der Waals surface area contributed by atoms with Gasteiger partial charge in [0.25, 0.3) is 0 Å². The molecule has 2 unspecified atom stereocenters. The number of ether oxygens (including phenoxy) is 3. The van der Waals surface area contributed by atoms with Gasteiger partial charge in [-0.2, -0.15) is 0 Å². The van der Waals surface area contributed by atoms with Gasteiger partial charge >= 0.3 is 5.97 Å². The minimum absolute atomic E-state index is 0.302. The van der Waals surface area contributed by atoms with Gasteiger partial charge in [-0.1, -0.05) is 43.3 Å². The first-order valence-corrected chi connectivity index (χ1v) is 8.77. The molecule has 0 heterocycles. The molecule has 0 aliphatic rings. The maximum absolute atomic E-state index is 11.9. The average Bonchev–Trinajstić information content (AvgIpc) is 2.70. The number of esters is 1. The van der Waals surface area contributed by atoms with Gasteiger partial charge in [0.1, 0.15) is 18.5 Å². The fourth-order valence-corrected chi connectivity index (χ4v) is 2.75. The summed E-state index contributed by atoms with van der Waals surface area (Å²) in [5, 5.41) is 10.7. The zero-order chi connectivity index (χ0) is 18.9. The highest BCUT2D eigenvalue weighted by Crippen LogP contribution is 2.28. The van der Waals surface area contributed by atoms with Crippen LogP contribution in [0.3, 0.4) is 0 Å². The first kappa shape index (κ1) is 19.9. The fourth-order valence-electron chi connectivity index (χ4n) is 2.75. The van der Waals surface area contributed by atoms with Crippen LogP contribution in [0.15, 0.2) is 48.5 Å². The van der Waals surface area contributed by atoms with Gasteiger partial charge in [0, 0.05) is 6.61 Å². The van der Waals surface area contributed by atoms with Gasteiger partial charge in [0.15, 0.2) is 6.10 Å². The number of aryl methyl sites for hydroxylation is 1. The minimum atomic E-state index is -1.10. The summed E-state index contributed by atoms with van der Waals surface area (Å²) in [6.07, 6.45) is -1.46. The molecule has 140 valence electrons. The Morgan fingerprint density at radius 1 is 1.12 bits per heavy atom. The lowest BCUT2D eigenvalue weighted by Crippen LogP contribution is -2.32. The number of hydrogen-bond acceptors (Lipinski definition) is 5. The molecule has 26 heavy (non-hydrogen) atoms. The maximum atomic E-state index is 11.9. The standard InChI is InChI=1S/C21H26O5/c1-4-16-13-17(26-14-15-9-7-6-8-10-15)11-12-18(16)19(22)20(25-5-2)21(23)24-3/h6-13,19-20,22H,4-5,14H2,1-3H3. The SMILES string of the molecule is CCOC(C(=O)OC)C(O)c1ccc(OCc2ccccc2)cc1CC. The van der Waals surface area contributed by atoms with Gasteiger partial charge in [0.2, 0.25) is 0 Å². The lowest BCUT2D eigenvalue weighted by atomic mass is 9.96. The number of benzene rings is 2. The predicted octanol–water partition coefficient (Wildman–Crippen LogP) is 3.44. The van der Waals surface area contributed by atoms with Crippen LogP contribution in [-0.4, -0.2) is 30.9 Å². The van der Waals surface area contributed by atoms with Crippen LogP contribution in [0.4, 0.5) is 0 Å². The van der Waals surface area contributed by atoms with E-state index in [4.69, 9.17) is 14.2 Å². The van der Waals surface area contributed by atoms with Crippen LogP contribution >= 0.6 is 0 Å². The van der Waals surface area contributed by atoms with Crippen LogP contribution in [-0.2, 0) is 27.3 Å². The Hall–Kier alpha value is -2.37. The Morgan fingerprint density at radius 2 is 1.85 bits per heavy atom. The van der Waals surface area contributed by atoms with Crippen molar-refractivity contribution < 1.29 is 24.1 Å². The monoisotopic (exact) mass is 358 g/mol. The number of carbonyl (C=O) groups is 1. The topological polar surface area (TPSA) is 65.0 Å². The van der Waals surface area contributed by atoms with E-state index in [0.29, 0.717) is 30.9 Å². The third kappa shape index (κ3) is 5.07. The Morgan fingerprint density at radius 3 is 2.46 bits per heavy atom. The molecule has 0 bridgehead atoms. The zero-order valence-corrected chi connectivity index (χ0v) is 15.5. The smallest absolute Gasteiger partial charge is 0.338 e. The van der Waals surface area contributed by atoms with Crippen molar-refractivity contribution in [3.8, 4) is 5.75 Å². The molecule has 2 atom stereocenters. The minimum Gasteiger partial charge on any atom is -0.489 e. The van der Waals surface area contributed by atoms with Gasteiger partial charge in [-0.25, -0.2) is 4.79 Å². The molecule has 0 spiro atoms. The Balaban J connectivity index is 2.17. The molecule has 0 amide bonds. The quantitative estimate of drug-likeness (QED) is 0.696. The second-order valence-corrected chi connectivity index (χ2v) is 5.83. The van der Waals surface area contributed by atoms with Crippen molar-refractivity contribution in [2.45, 2.75) is 39.1 Å². The molecule has 0 aromatic heterocycles. The molecule has 2 rings (SSSR count). The largest absolute Gasteiger partial charge is 0.489 e. The highest BCUT2D eigenvalue weighted by atomic mass is 16.6. The highest BCUT2D eigenvalue weighted by Gasteiger charge is 2.30. The highest BCUT2D eigenvalue weighted by molar-refractivity contribution is 5.75. The lowest BCUT2D eigenvalue weighted by Gasteiger charge is -2.23. The number of aliphatic hydroxyl groups is 1. The Labute approximate surface area is 154 Å². The Kier molecular flexibility index (Phi) is 7.63. The van der Waals surface area contributed by atoms with Gasteiger partial charge in [0.05, 0.1) is 7.11 Å². The fraction of sp³-hybridized carbons (Fsp3) is 0.381. The van der Waals surface area contributed by atoms with Crippen LogP contribution in [0.25, 0.3) is 0 Å². The van der Waals surface area contributed by atoms with Crippen LogP contribution in [0.1, 0.15) is 36.6 Å². The zero-order valence-electron chi connectivity index (χ0n) is 15.5. The molecule has 0 fully saturated rings. The molecule has 0 aliphatic heterocycles. The van der Waals surface area contributed by atoms with E-state index in [1.165, 1.54) is 7.11 Å². The van der Waals surface area contributed by atoms with E-state index in [1.807, 2.05) is 43.3 Å². The van der Waals surface area contributed by atoms with Crippen molar-refractivity contribution in [1.29, 1.82) is 0 Å². The normalized spacial score (nSPS) is 13.1. The van der Waals surface area contributed by atoms with Gasteiger partial charge in [-0.05, 0) is 42.2 Å². The number of hydrogen-bond donors (Lipinski definition) is 1. The summed E-state index contributed by atoms with van der Waals surface area (Å²) in [5.41, 5.74) is 2.62. The van der Waals surface area contributed by atoms with E-state index in [2.05, 4.69) is 0 Å². The van der Waals surface area contributed by atoms with Crippen molar-refractivity contribution >= 4 is 5.97 Å².